The molecule has 2 saturated heterocycles. The van der Waals surface area contributed by atoms with Gasteiger partial charge in [0, 0.05) is 107 Å². The summed E-state index contributed by atoms with van der Waals surface area (Å²) in [7, 11) is 0. The molecule has 0 atom stereocenters. The molecular formula is C64H75BrN12O8. The van der Waals surface area contributed by atoms with Gasteiger partial charge in [-0.1, -0.05) is 18.2 Å². The van der Waals surface area contributed by atoms with Crippen molar-refractivity contribution in [3.63, 3.8) is 0 Å². The highest BCUT2D eigenvalue weighted by molar-refractivity contribution is 9.10. The standard InChI is InChI=1S/C22H26N4O3.C20H22N4O2.C13H17N3O.C9H10BrNO2/c1-21(2)17-5-4-8-23-19(17)26(20(21)27)16-11-15(12-16)25-18-7-6-14(13-24-18)22(3)28-9-10-29-22;1-12(25)13-6-7-17(22-11-13)23-14-9-15(10-14)24-18-16(5-4-8-21-18)20(2,3)19(24)26;1-13(2)10-4-3-5-15-11(10)16(12(13)17)9-6-8(14)7-9;1-9(12-4-5-13-9)7-2-3-8(10)11-6-7/h4-8,13,15-16H,9-12H2,1-3H3,(H,24,25);4-8,11,14-15H,9-10H2,1-3H3,(H,22,23);3-5,8-9H,6-7,14H2,1-2H3;2-3,6H,4-5H2,1H3. The lowest BCUT2D eigenvalue weighted by Crippen LogP contribution is -2.53. The number of anilines is 5. The van der Waals surface area contributed by atoms with Crippen molar-refractivity contribution in [1.82, 2.24) is 29.9 Å². The fourth-order valence-electron chi connectivity index (χ4n) is 12.3. The van der Waals surface area contributed by atoms with Crippen LogP contribution in [0.25, 0.3) is 0 Å². The van der Waals surface area contributed by atoms with E-state index >= 15 is 0 Å². The molecule has 11 heterocycles. The summed E-state index contributed by atoms with van der Waals surface area (Å²) in [6.45, 7) is 19.7. The first-order valence-corrected chi connectivity index (χ1v) is 30.1. The molecule has 21 heteroatoms. The van der Waals surface area contributed by atoms with Crippen molar-refractivity contribution < 1.29 is 38.1 Å². The third kappa shape index (κ3) is 11.5. The highest BCUT2D eigenvalue weighted by atomic mass is 79.9. The number of amides is 3. The number of nitrogens with zero attached hydrogens (tertiary/aromatic N) is 9. The number of halogens is 1. The minimum absolute atomic E-state index is 0.00841. The molecule has 0 spiro atoms. The second kappa shape index (κ2) is 23.3. The fraction of sp³-hybridized carbons (Fsp3) is 0.469. The van der Waals surface area contributed by atoms with Crippen molar-refractivity contribution in [2.45, 2.75) is 165 Å². The number of Topliss-reactive ketones (excluding diaryl/α,β-unsaturated/α-hetero) is 1. The average molecular weight is 1220 g/mol. The van der Waals surface area contributed by atoms with Gasteiger partial charge >= 0.3 is 0 Å². The van der Waals surface area contributed by atoms with Crippen LogP contribution in [0.15, 0.2) is 115 Å². The van der Waals surface area contributed by atoms with E-state index < -0.39 is 27.8 Å². The number of nitrogens with two attached hydrogens (primary N) is 1. The number of ether oxygens (including phenoxy) is 4. The maximum absolute atomic E-state index is 13.0. The monoisotopic (exact) mass is 1220 g/mol. The highest BCUT2D eigenvalue weighted by Crippen LogP contribution is 2.47. The predicted octanol–water partition coefficient (Wildman–Crippen LogP) is 9.17. The molecule has 6 aromatic heterocycles. The van der Waals surface area contributed by atoms with Crippen molar-refractivity contribution in [2.75, 3.05) is 51.8 Å². The molecule has 0 radical (unpaired) electrons. The number of nitrogens with one attached hydrogen (secondary N) is 2. The molecule has 0 bridgehead atoms. The van der Waals surface area contributed by atoms with Crippen LogP contribution in [0, 0.1) is 0 Å². The van der Waals surface area contributed by atoms with E-state index in [0.717, 1.165) is 100 Å². The molecule has 4 N–H and O–H groups in total. The molecule has 8 aliphatic rings. The predicted molar refractivity (Wildman–Crippen MR) is 325 cm³/mol. The summed E-state index contributed by atoms with van der Waals surface area (Å²) in [6.07, 6.45) is 15.7. The first-order chi connectivity index (χ1) is 40.5. The van der Waals surface area contributed by atoms with Crippen LogP contribution in [0.4, 0.5) is 29.1 Å². The smallest absolute Gasteiger partial charge is 0.238 e. The number of hydrogen-bond acceptors (Lipinski definition) is 17. The molecule has 3 amide bonds. The topological polar surface area (TPSA) is 242 Å². The van der Waals surface area contributed by atoms with Crippen molar-refractivity contribution in [2.24, 2.45) is 5.73 Å². The zero-order chi connectivity index (χ0) is 60.2. The molecule has 5 fully saturated rings. The van der Waals surface area contributed by atoms with E-state index in [1.165, 1.54) is 6.92 Å². The molecule has 14 rings (SSSR count). The normalized spacial score (nSPS) is 25.4. The first kappa shape index (κ1) is 59.6. The Kier molecular flexibility index (Phi) is 16.3. The Morgan fingerprint density at radius 3 is 1.20 bits per heavy atom. The minimum atomic E-state index is -0.698. The van der Waals surface area contributed by atoms with E-state index in [9.17, 15) is 19.2 Å². The lowest BCUT2D eigenvalue weighted by atomic mass is 9.84. The van der Waals surface area contributed by atoms with Crippen LogP contribution >= 0.6 is 15.9 Å². The first-order valence-electron chi connectivity index (χ1n) is 29.3. The summed E-state index contributed by atoms with van der Waals surface area (Å²) in [5.74, 6) is 3.16. The highest BCUT2D eigenvalue weighted by Gasteiger charge is 2.53. The third-order valence-corrected chi connectivity index (χ3v) is 18.4. The molecule has 3 saturated carbocycles. The van der Waals surface area contributed by atoms with E-state index in [2.05, 4.69) is 56.5 Å². The van der Waals surface area contributed by atoms with Gasteiger partial charge in [-0.3, -0.25) is 33.9 Å². The maximum Gasteiger partial charge on any atom is 0.238 e. The summed E-state index contributed by atoms with van der Waals surface area (Å²) >= 11 is 3.28. The van der Waals surface area contributed by atoms with Crippen LogP contribution in [-0.4, -0.2) is 116 Å². The SMILES string of the molecule is CC(=O)c1ccc(NC2CC(N3C(=O)C(C)(C)c4cccnc43)C2)nc1.CC1(C)C(=O)N(C2CC(N)C2)c2ncccc21.CC1(c2ccc(Br)nc2)OCCO1.CC1(c2ccc(NC3CC(N4C(=O)C(C)(C)c5cccnc54)C3)nc2)OCCO1. The zero-order valence-electron chi connectivity index (χ0n) is 49.7. The van der Waals surface area contributed by atoms with Gasteiger partial charge in [0.2, 0.25) is 17.7 Å². The van der Waals surface area contributed by atoms with Crippen molar-refractivity contribution in [3.8, 4) is 0 Å². The average Bonchev–Trinajstić information content (AvgIpc) is 2.05. The summed E-state index contributed by atoms with van der Waals surface area (Å²) in [6, 6.07) is 24.4. The van der Waals surface area contributed by atoms with Crippen LogP contribution in [0.5, 0.6) is 0 Å². The van der Waals surface area contributed by atoms with E-state index in [1.807, 2.05) is 137 Å². The number of pyridine rings is 6. The van der Waals surface area contributed by atoms with Crippen LogP contribution in [-0.2, 0) is 61.2 Å². The van der Waals surface area contributed by atoms with Gasteiger partial charge in [0.15, 0.2) is 17.4 Å². The number of ketones is 1. The van der Waals surface area contributed by atoms with Gasteiger partial charge in [0.05, 0.1) is 42.7 Å². The number of fused-ring (bicyclic) bond motifs is 3. The van der Waals surface area contributed by atoms with Gasteiger partial charge in [-0.15, -0.1) is 0 Å². The van der Waals surface area contributed by atoms with Gasteiger partial charge in [-0.05, 0) is 171 Å². The van der Waals surface area contributed by atoms with Crippen molar-refractivity contribution in [1.29, 1.82) is 0 Å². The van der Waals surface area contributed by atoms with E-state index in [4.69, 9.17) is 24.7 Å². The Morgan fingerprint density at radius 2 is 0.871 bits per heavy atom. The van der Waals surface area contributed by atoms with Gasteiger partial charge in [-0.2, -0.15) is 0 Å². The Hall–Kier alpha value is -7.14. The minimum Gasteiger partial charge on any atom is -0.367 e. The van der Waals surface area contributed by atoms with E-state index in [-0.39, 0.29) is 59.8 Å². The van der Waals surface area contributed by atoms with E-state index in [0.29, 0.717) is 32.0 Å². The van der Waals surface area contributed by atoms with Crippen molar-refractivity contribution >= 4 is 68.5 Å². The lowest BCUT2D eigenvalue weighted by Gasteiger charge is -2.41. The van der Waals surface area contributed by atoms with Crippen LogP contribution in [0.2, 0.25) is 0 Å². The Bertz CT molecular complexity index is 3450. The number of carbonyl (C=O) groups is 4. The summed E-state index contributed by atoms with van der Waals surface area (Å²) in [5.41, 5.74) is 9.85. The molecule has 5 aliphatic heterocycles. The molecule has 6 aromatic rings. The van der Waals surface area contributed by atoms with Gasteiger partial charge < -0.3 is 35.3 Å². The Balaban J connectivity index is 0.000000123. The molecule has 0 unspecified atom stereocenters. The van der Waals surface area contributed by atoms with Gasteiger partial charge in [0.25, 0.3) is 0 Å². The number of carbonyl (C=O) groups excluding carboxylic acids is 4. The quantitative estimate of drug-likeness (QED) is 0.0855. The lowest BCUT2D eigenvalue weighted by molar-refractivity contribution is -0.150. The zero-order valence-corrected chi connectivity index (χ0v) is 51.3. The van der Waals surface area contributed by atoms with E-state index in [1.54, 1.807) is 43.2 Å². The largest absolute Gasteiger partial charge is 0.367 e. The second-order valence-electron chi connectivity index (χ2n) is 24.9. The van der Waals surface area contributed by atoms with Crippen molar-refractivity contribution in [3.05, 3.63) is 148 Å². The van der Waals surface area contributed by atoms with Crippen LogP contribution in [0.3, 0.4) is 0 Å². The van der Waals surface area contributed by atoms with Crippen LogP contribution < -0.4 is 31.1 Å². The summed E-state index contributed by atoms with van der Waals surface area (Å²) in [5, 5.41) is 6.85. The van der Waals surface area contributed by atoms with Crippen LogP contribution in [0.1, 0.15) is 139 Å². The summed E-state index contributed by atoms with van der Waals surface area (Å²) in [4.78, 5) is 81.6. The molecule has 3 aliphatic carbocycles. The van der Waals surface area contributed by atoms with Gasteiger partial charge in [-0.25, -0.2) is 29.9 Å². The number of rotatable bonds is 10. The molecule has 20 nitrogen and oxygen atoms in total. The summed E-state index contributed by atoms with van der Waals surface area (Å²) < 4.78 is 23.2. The Morgan fingerprint density at radius 1 is 0.506 bits per heavy atom. The number of aromatic nitrogens is 6. The fourth-order valence-corrected chi connectivity index (χ4v) is 12.6. The number of hydrogen-bond donors (Lipinski definition) is 3. The van der Waals surface area contributed by atoms with Gasteiger partial charge in [0.1, 0.15) is 33.7 Å². The Labute approximate surface area is 504 Å². The maximum atomic E-state index is 13.0. The molecule has 446 valence electrons. The molecular weight excluding hydrogens is 1140 g/mol. The molecule has 85 heavy (non-hydrogen) atoms. The molecule has 0 aromatic carbocycles. The second-order valence-corrected chi connectivity index (χ2v) is 25.7. The third-order valence-electron chi connectivity index (χ3n) is 17.9.